The maximum atomic E-state index is 11.9. The molecule has 18 heavy (non-hydrogen) atoms. The van der Waals surface area contributed by atoms with Crippen molar-refractivity contribution in [2.75, 3.05) is 26.8 Å². The number of rotatable bonds is 7. The molecule has 1 aliphatic rings. The Labute approximate surface area is 111 Å². The molecule has 0 spiro atoms. The molecule has 0 bridgehead atoms. The molecule has 1 heterocycles. The lowest BCUT2D eigenvalue weighted by molar-refractivity contribution is -0.130. The van der Waals surface area contributed by atoms with Crippen LogP contribution in [0.2, 0.25) is 0 Å². The van der Waals surface area contributed by atoms with Crippen LogP contribution in [0.5, 0.6) is 0 Å². The first-order valence-electron chi connectivity index (χ1n) is 7.08. The minimum Gasteiger partial charge on any atom is -0.381 e. The standard InChI is InChI=1S/C14H28N2O2/c1-11(2)13(15)6-8-16(3)14(17)5-4-12-7-9-18-10-12/h11-13H,4-10,15H2,1-3H3. The summed E-state index contributed by atoms with van der Waals surface area (Å²) in [6.45, 7) is 6.69. The van der Waals surface area contributed by atoms with Gasteiger partial charge in [-0.1, -0.05) is 13.8 Å². The Kier molecular flexibility index (Phi) is 6.65. The molecule has 106 valence electrons. The normalized spacial score (nSPS) is 21.3. The Bertz CT molecular complexity index is 250. The summed E-state index contributed by atoms with van der Waals surface area (Å²) >= 11 is 0. The van der Waals surface area contributed by atoms with E-state index in [1.165, 1.54) is 0 Å². The summed E-state index contributed by atoms with van der Waals surface area (Å²) < 4.78 is 5.31. The summed E-state index contributed by atoms with van der Waals surface area (Å²) in [5.41, 5.74) is 5.98. The first-order chi connectivity index (χ1) is 8.50. The number of carbonyl (C=O) groups excluding carboxylic acids is 1. The first kappa shape index (κ1) is 15.4. The van der Waals surface area contributed by atoms with E-state index in [9.17, 15) is 4.79 Å². The van der Waals surface area contributed by atoms with Gasteiger partial charge in [-0.2, -0.15) is 0 Å². The zero-order chi connectivity index (χ0) is 13.5. The zero-order valence-electron chi connectivity index (χ0n) is 12.0. The van der Waals surface area contributed by atoms with Gasteiger partial charge in [0, 0.05) is 39.3 Å². The molecule has 2 N–H and O–H groups in total. The van der Waals surface area contributed by atoms with Gasteiger partial charge in [-0.15, -0.1) is 0 Å². The van der Waals surface area contributed by atoms with Crippen LogP contribution in [0, 0.1) is 11.8 Å². The molecular formula is C14H28N2O2. The highest BCUT2D eigenvalue weighted by Gasteiger charge is 2.18. The molecule has 2 atom stereocenters. The lowest BCUT2D eigenvalue weighted by Crippen LogP contribution is -2.34. The molecule has 2 unspecified atom stereocenters. The fourth-order valence-electron chi connectivity index (χ4n) is 2.13. The molecule has 0 aliphatic carbocycles. The van der Waals surface area contributed by atoms with Crippen LogP contribution in [-0.2, 0) is 9.53 Å². The molecule has 0 radical (unpaired) electrons. The van der Waals surface area contributed by atoms with Gasteiger partial charge in [-0.05, 0) is 31.1 Å². The van der Waals surface area contributed by atoms with Crippen molar-refractivity contribution in [1.29, 1.82) is 0 Å². The van der Waals surface area contributed by atoms with Gasteiger partial charge in [0.05, 0.1) is 0 Å². The van der Waals surface area contributed by atoms with E-state index in [2.05, 4.69) is 13.8 Å². The molecule has 1 saturated heterocycles. The molecule has 4 heteroatoms. The van der Waals surface area contributed by atoms with Crippen LogP contribution in [-0.4, -0.2) is 43.7 Å². The number of ether oxygens (including phenoxy) is 1. The SMILES string of the molecule is CC(C)C(N)CCN(C)C(=O)CCC1CCOC1. The molecule has 4 nitrogen and oxygen atoms in total. The van der Waals surface area contributed by atoms with Crippen molar-refractivity contribution in [3.8, 4) is 0 Å². The highest BCUT2D eigenvalue weighted by Crippen LogP contribution is 2.18. The van der Waals surface area contributed by atoms with Crippen LogP contribution >= 0.6 is 0 Å². The summed E-state index contributed by atoms with van der Waals surface area (Å²) in [5.74, 6) is 1.29. The third-order valence-electron chi connectivity index (χ3n) is 3.87. The van der Waals surface area contributed by atoms with Crippen molar-refractivity contribution in [1.82, 2.24) is 4.90 Å². The Balaban J connectivity index is 2.15. The molecule has 0 aromatic carbocycles. The zero-order valence-corrected chi connectivity index (χ0v) is 12.0. The van der Waals surface area contributed by atoms with Crippen LogP contribution in [0.15, 0.2) is 0 Å². The summed E-state index contributed by atoms with van der Waals surface area (Å²) in [4.78, 5) is 13.7. The molecule has 1 amide bonds. The topological polar surface area (TPSA) is 55.6 Å². The van der Waals surface area contributed by atoms with Crippen LogP contribution in [0.1, 0.15) is 39.5 Å². The number of nitrogens with two attached hydrogens (primary N) is 1. The second-order valence-corrected chi connectivity index (χ2v) is 5.78. The van der Waals surface area contributed by atoms with Crippen LogP contribution in [0.4, 0.5) is 0 Å². The Hall–Kier alpha value is -0.610. The van der Waals surface area contributed by atoms with E-state index < -0.39 is 0 Å². The fourth-order valence-corrected chi connectivity index (χ4v) is 2.13. The summed E-state index contributed by atoms with van der Waals surface area (Å²) in [6.07, 6.45) is 3.59. The quantitative estimate of drug-likeness (QED) is 0.753. The number of hydrogen-bond acceptors (Lipinski definition) is 3. The smallest absolute Gasteiger partial charge is 0.222 e. The highest BCUT2D eigenvalue weighted by atomic mass is 16.5. The van der Waals surface area contributed by atoms with Crippen LogP contribution in [0.3, 0.4) is 0 Å². The lowest BCUT2D eigenvalue weighted by atomic mass is 10.0. The van der Waals surface area contributed by atoms with Crippen molar-refractivity contribution >= 4 is 5.91 Å². The van der Waals surface area contributed by atoms with Gasteiger partial charge in [-0.3, -0.25) is 4.79 Å². The van der Waals surface area contributed by atoms with Gasteiger partial charge in [0.1, 0.15) is 0 Å². The predicted molar refractivity (Wildman–Crippen MR) is 73.2 cm³/mol. The van der Waals surface area contributed by atoms with Gasteiger partial charge in [-0.25, -0.2) is 0 Å². The van der Waals surface area contributed by atoms with Gasteiger partial charge in [0.25, 0.3) is 0 Å². The molecule has 1 aliphatic heterocycles. The molecule has 1 rings (SSSR count). The van der Waals surface area contributed by atoms with E-state index in [1.807, 2.05) is 11.9 Å². The average molecular weight is 256 g/mol. The highest BCUT2D eigenvalue weighted by molar-refractivity contribution is 5.75. The Morgan fingerprint density at radius 2 is 2.22 bits per heavy atom. The van der Waals surface area contributed by atoms with Gasteiger partial charge < -0.3 is 15.4 Å². The Morgan fingerprint density at radius 1 is 1.50 bits per heavy atom. The monoisotopic (exact) mass is 256 g/mol. The molecule has 1 fully saturated rings. The number of hydrogen-bond donors (Lipinski definition) is 1. The van der Waals surface area contributed by atoms with E-state index in [-0.39, 0.29) is 11.9 Å². The Morgan fingerprint density at radius 3 is 2.78 bits per heavy atom. The van der Waals surface area contributed by atoms with Crippen molar-refractivity contribution in [3.63, 3.8) is 0 Å². The van der Waals surface area contributed by atoms with E-state index in [4.69, 9.17) is 10.5 Å². The second kappa shape index (κ2) is 7.74. The van der Waals surface area contributed by atoms with Gasteiger partial charge in [0.15, 0.2) is 0 Å². The summed E-state index contributed by atoms with van der Waals surface area (Å²) in [5, 5.41) is 0. The molecule has 0 aromatic heterocycles. The predicted octanol–water partition coefficient (Wildman–Crippen LogP) is 1.63. The maximum absolute atomic E-state index is 11.9. The lowest BCUT2D eigenvalue weighted by Gasteiger charge is -2.22. The minimum absolute atomic E-state index is 0.184. The van der Waals surface area contributed by atoms with E-state index in [0.29, 0.717) is 18.3 Å². The van der Waals surface area contributed by atoms with Gasteiger partial charge in [0.2, 0.25) is 5.91 Å². The van der Waals surface area contributed by atoms with Crippen LogP contribution < -0.4 is 5.73 Å². The van der Waals surface area contributed by atoms with Crippen molar-refractivity contribution < 1.29 is 9.53 Å². The van der Waals surface area contributed by atoms with Crippen molar-refractivity contribution in [3.05, 3.63) is 0 Å². The number of carbonyl (C=O) groups is 1. The fraction of sp³-hybridized carbons (Fsp3) is 0.929. The third kappa shape index (κ3) is 5.36. The summed E-state index contributed by atoms with van der Waals surface area (Å²) in [7, 11) is 1.88. The first-order valence-corrected chi connectivity index (χ1v) is 7.08. The van der Waals surface area contributed by atoms with E-state index in [1.54, 1.807) is 0 Å². The van der Waals surface area contributed by atoms with E-state index >= 15 is 0 Å². The average Bonchev–Trinajstić information content (AvgIpc) is 2.85. The molecule has 0 saturated carbocycles. The van der Waals surface area contributed by atoms with Gasteiger partial charge >= 0.3 is 0 Å². The van der Waals surface area contributed by atoms with Crippen LogP contribution in [0.25, 0.3) is 0 Å². The largest absolute Gasteiger partial charge is 0.381 e. The van der Waals surface area contributed by atoms with Crippen molar-refractivity contribution in [2.24, 2.45) is 17.6 Å². The van der Waals surface area contributed by atoms with E-state index in [0.717, 1.165) is 39.0 Å². The molecule has 0 aromatic rings. The van der Waals surface area contributed by atoms with Crippen molar-refractivity contribution in [2.45, 2.75) is 45.6 Å². The maximum Gasteiger partial charge on any atom is 0.222 e. The number of nitrogens with zero attached hydrogens (tertiary/aromatic N) is 1. The summed E-state index contributed by atoms with van der Waals surface area (Å²) in [6, 6.07) is 0.184. The molecular weight excluding hydrogens is 228 g/mol. The third-order valence-corrected chi connectivity index (χ3v) is 3.87. The minimum atomic E-state index is 0.184. The number of amides is 1. The second-order valence-electron chi connectivity index (χ2n) is 5.78.